The number of hydrogen-bond acceptors (Lipinski definition) is 5. The Morgan fingerprint density at radius 1 is 1.16 bits per heavy atom. The topological polar surface area (TPSA) is 88.8 Å². The lowest BCUT2D eigenvalue weighted by atomic mass is 10.1. The molecule has 2 amide bonds. The van der Waals surface area contributed by atoms with E-state index in [-0.39, 0.29) is 24.2 Å². The van der Waals surface area contributed by atoms with Crippen LogP contribution in [-0.4, -0.2) is 60.6 Å². The maximum Gasteiger partial charge on any atom is 0.254 e. The van der Waals surface area contributed by atoms with Gasteiger partial charge in [0.15, 0.2) is 0 Å². The van der Waals surface area contributed by atoms with Crippen LogP contribution in [0.5, 0.6) is 0 Å². The molecule has 1 saturated heterocycles. The van der Waals surface area contributed by atoms with E-state index in [4.69, 9.17) is 5.26 Å². The van der Waals surface area contributed by atoms with Crippen molar-refractivity contribution in [3.05, 3.63) is 83.2 Å². The minimum atomic E-state index is -0.370. The minimum Gasteiger partial charge on any atom is -0.336 e. The molecule has 1 heterocycles. The number of piperazine rings is 1. The van der Waals surface area contributed by atoms with E-state index in [1.807, 2.05) is 11.0 Å². The number of allylic oxidation sites excluding steroid dienone is 1. The number of rotatable bonds is 7. The molecule has 1 aliphatic heterocycles. The van der Waals surface area contributed by atoms with E-state index in [1.165, 1.54) is 18.3 Å². The van der Waals surface area contributed by atoms with Crippen molar-refractivity contribution in [1.29, 1.82) is 5.26 Å². The molecule has 7 nitrogen and oxygen atoms in total. The van der Waals surface area contributed by atoms with Gasteiger partial charge in [0, 0.05) is 31.7 Å². The van der Waals surface area contributed by atoms with Crippen molar-refractivity contribution in [2.45, 2.75) is 6.42 Å². The highest BCUT2D eigenvalue weighted by atomic mass is 19.1. The summed E-state index contributed by atoms with van der Waals surface area (Å²) < 4.78 is 13.6. The summed E-state index contributed by atoms with van der Waals surface area (Å²) in [5.74, 6) is -0.740. The van der Waals surface area contributed by atoms with Crippen molar-refractivity contribution in [3.8, 4) is 6.07 Å². The van der Waals surface area contributed by atoms with Crippen molar-refractivity contribution in [2.24, 2.45) is 5.10 Å². The zero-order chi connectivity index (χ0) is 22.9. The number of amides is 2. The number of nitriles is 1. The molecule has 0 aliphatic carbocycles. The molecule has 1 N–H and O–H groups in total. The molecule has 3 rings (SSSR count). The molecule has 2 aromatic rings. The van der Waals surface area contributed by atoms with Crippen LogP contribution in [0.25, 0.3) is 0 Å². The van der Waals surface area contributed by atoms with Gasteiger partial charge in [-0.25, -0.2) is 9.82 Å². The Labute approximate surface area is 186 Å². The largest absolute Gasteiger partial charge is 0.336 e. The van der Waals surface area contributed by atoms with Gasteiger partial charge in [0.1, 0.15) is 5.82 Å². The number of hydrazone groups is 1. The molecule has 0 bridgehead atoms. The number of carbonyl (C=O) groups excluding carboxylic acids is 2. The highest BCUT2D eigenvalue weighted by molar-refractivity contribution is 5.94. The average molecular weight is 433 g/mol. The first-order valence-corrected chi connectivity index (χ1v) is 10.2. The first-order valence-electron chi connectivity index (χ1n) is 10.2. The molecule has 0 atom stereocenters. The molecular formula is C24H24FN5O2. The van der Waals surface area contributed by atoms with Crippen LogP contribution < -0.4 is 5.43 Å². The molecule has 0 spiro atoms. The van der Waals surface area contributed by atoms with E-state index in [9.17, 15) is 14.0 Å². The van der Waals surface area contributed by atoms with Crippen LogP contribution in [0.2, 0.25) is 0 Å². The summed E-state index contributed by atoms with van der Waals surface area (Å²) in [5.41, 5.74) is 4.84. The lowest BCUT2D eigenvalue weighted by Gasteiger charge is -2.34. The van der Waals surface area contributed by atoms with Gasteiger partial charge in [-0.3, -0.25) is 14.5 Å². The first-order chi connectivity index (χ1) is 15.5. The molecule has 0 aromatic heterocycles. The molecule has 0 radical (unpaired) electrons. The normalized spacial score (nSPS) is 14.2. The third-order valence-corrected chi connectivity index (χ3v) is 5.05. The van der Waals surface area contributed by atoms with Gasteiger partial charge in [0.25, 0.3) is 11.8 Å². The molecular weight excluding hydrogens is 409 g/mol. The summed E-state index contributed by atoms with van der Waals surface area (Å²) in [6.07, 6.45) is 3.64. The van der Waals surface area contributed by atoms with Gasteiger partial charge < -0.3 is 4.90 Å². The maximum absolute atomic E-state index is 13.6. The predicted molar refractivity (Wildman–Crippen MR) is 120 cm³/mol. The number of hydrogen-bond donors (Lipinski definition) is 1. The first kappa shape index (κ1) is 22.8. The van der Waals surface area contributed by atoms with Gasteiger partial charge in [-0.1, -0.05) is 6.08 Å². The van der Waals surface area contributed by atoms with Gasteiger partial charge in [-0.2, -0.15) is 10.4 Å². The second-order valence-electron chi connectivity index (χ2n) is 7.44. The van der Waals surface area contributed by atoms with E-state index in [0.717, 1.165) is 5.56 Å². The zero-order valence-corrected chi connectivity index (χ0v) is 17.6. The van der Waals surface area contributed by atoms with Gasteiger partial charge in [0.05, 0.1) is 24.4 Å². The third-order valence-electron chi connectivity index (χ3n) is 5.05. The van der Waals surface area contributed by atoms with E-state index in [0.29, 0.717) is 49.3 Å². The quantitative estimate of drug-likeness (QED) is 0.412. The van der Waals surface area contributed by atoms with Gasteiger partial charge in [-0.05, 0) is 60.0 Å². The van der Waals surface area contributed by atoms with Gasteiger partial charge in [-0.15, -0.1) is 6.58 Å². The Morgan fingerprint density at radius 2 is 1.88 bits per heavy atom. The molecule has 0 saturated carbocycles. The number of halogens is 1. The second-order valence-corrected chi connectivity index (χ2v) is 7.44. The fourth-order valence-electron chi connectivity index (χ4n) is 3.43. The van der Waals surface area contributed by atoms with Crippen LogP contribution in [0.3, 0.4) is 0 Å². The Hall–Kier alpha value is -3.83. The SMILES string of the molecule is C=CCc1cc(F)cc(/C=N/NC(=O)CN2CCN(C(=O)c3ccc(C#N)cc3)CC2)c1. The standard InChI is InChI=1S/C24H24FN5O2/c1-2-3-19-12-20(14-22(25)13-19)16-27-28-23(31)17-29-8-10-30(11-9-29)24(32)21-6-4-18(15-26)5-7-21/h2,4-7,12-14,16H,1,3,8-11,17H2,(H,28,31)/b27-16+. The van der Waals surface area contributed by atoms with Crippen LogP contribution in [0, 0.1) is 17.1 Å². The summed E-state index contributed by atoms with van der Waals surface area (Å²) in [7, 11) is 0. The van der Waals surface area contributed by atoms with E-state index in [1.54, 1.807) is 41.3 Å². The van der Waals surface area contributed by atoms with Crippen LogP contribution in [0.1, 0.15) is 27.0 Å². The van der Waals surface area contributed by atoms with Crippen molar-refractivity contribution in [2.75, 3.05) is 32.7 Å². The van der Waals surface area contributed by atoms with E-state index in [2.05, 4.69) is 17.1 Å². The molecule has 164 valence electrons. The molecule has 32 heavy (non-hydrogen) atoms. The minimum absolute atomic E-state index is 0.0888. The Balaban J connectivity index is 1.45. The summed E-state index contributed by atoms with van der Waals surface area (Å²) in [4.78, 5) is 28.4. The summed E-state index contributed by atoms with van der Waals surface area (Å²) >= 11 is 0. The lowest BCUT2D eigenvalue weighted by molar-refractivity contribution is -0.122. The van der Waals surface area contributed by atoms with Gasteiger partial charge in [0.2, 0.25) is 0 Å². The Morgan fingerprint density at radius 3 is 2.53 bits per heavy atom. The number of nitrogens with zero attached hydrogens (tertiary/aromatic N) is 4. The smallest absolute Gasteiger partial charge is 0.254 e. The molecule has 0 unspecified atom stereocenters. The number of benzene rings is 2. The fourth-order valence-corrected chi connectivity index (χ4v) is 3.43. The Bertz CT molecular complexity index is 1050. The van der Waals surface area contributed by atoms with Crippen molar-refractivity contribution >= 4 is 18.0 Å². The number of carbonyl (C=O) groups is 2. The van der Waals surface area contributed by atoms with E-state index >= 15 is 0 Å². The lowest BCUT2D eigenvalue weighted by Crippen LogP contribution is -2.50. The van der Waals surface area contributed by atoms with Crippen molar-refractivity contribution in [1.82, 2.24) is 15.2 Å². The van der Waals surface area contributed by atoms with Crippen LogP contribution in [0.4, 0.5) is 4.39 Å². The monoisotopic (exact) mass is 433 g/mol. The summed E-state index contributed by atoms with van der Waals surface area (Å²) in [6, 6.07) is 13.1. The van der Waals surface area contributed by atoms with Crippen LogP contribution in [0.15, 0.2) is 60.2 Å². The predicted octanol–water partition coefficient (Wildman–Crippen LogP) is 2.33. The van der Waals surface area contributed by atoms with Crippen LogP contribution >= 0.6 is 0 Å². The Kier molecular flexibility index (Phi) is 7.84. The number of nitrogens with one attached hydrogen (secondary N) is 1. The maximum atomic E-state index is 13.6. The van der Waals surface area contributed by atoms with Crippen LogP contribution in [-0.2, 0) is 11.2 Å². The summed E-state index contributed by atoms with van der Waals surface area (Å²) in [5, 5.41) is 12.8. The zero-order valence-electron chi connectivity index (χ0n) is 17.6. The molecule has 2 aromatic carbocycles. The van der Waals surface area contributed by atoms with Crippen molar-refractivity contribution in [3.63, 3.8) is 0 Å². The molecule has 1 aliphatic rings. The molecule has 8 heteroatoms. The highest BCUT2D eigenvalue weighted by Crippen LogP contribution is 2.11. The van der Waals surface area contributed by atoms with Gasteiger partial charge >= 0.3 is 0 Å². The average Bonchev–Trinajstić information content (AvgIpc) is 2.79. The second kappa shape index (κ2) is 11.0. The third kappa shape index (κ3) is 6.33. The van der Waals surface area contributed by atoms with E-state index < -0.39 is 0 Å². The highest BCUT2D eigenvalue weighted by Gasteiger charge is 2.23. The fraction of sp³-hybridized carbons (Fsp3) is 0.250. The molecule has 1 fully saturated rings. The van der Waals surface area contributed by atoms with Crippen molar-refractivity contribution < 1.29 is 14.0 Å². The summed E-state index contributed by atoms with van der Waals surface area (Å²) in [6.45, 7) is 5.93.